The van der Waals surface area contributed by atoms with Crippen LogP contribution in [0, 0.1) is 0 Å². The number of rotatable bonds is 3. The highest BCUT2D eigenvalue weighted by Crippen LogP contribution is 2.42. The first-order chi connectivity index (χ1) is 14.0. The number of hydrogen-bond donors (Lipinski definition) is 2. The van der Waals surface area contributed by atoms with Crippen LogP contribution in [0.4, 0.5) is 5.69 Å². The number of hydrogen-bond acceptors (Lipinski definition) is 6. The van der Waals surface area contributed by atoms with Crippen LogP contribution < -0.4 is 0 Å². The maximum atomic E-state index is 12.5. The molecule has 1 amide bonds. The van der Waals surface area contributed by atoms with Crippen molar-refractivity contribution in [1.82, 2.24) is 5.06 Å². The van der Waals surface area contributed by atoms with Crippen LogP contribution in [0.2, 0.25) is 0 Å². The predicted octanol–water partition coefficient (Wildman–Crippen LogP) is 4.36. The SMILES string of the molecule is CON(C)C(=O)c1ccc2c(c1)N=C(c1ccc(O)c(O)c1)c1ccccc1S2. The highest BCUT2D eigenvalue weighted by Gasteiger charge is 2.21. The van der Waals surface area contributed by atoms with Crippen molar-refractivity contribution in [3.05, 3.63) is 77.4 Å². The fourth-order valence-electron chi connectivity index (χ4n) is 3.03. The van der Waals surface area contributed by atoms with Crippen LogP contribution in [0.15, 0.2) is 75.4 Å². The van der Waals surface area contributed by atoms with Gasteiger partial charge in [0.1, 0.15) is 0 Å². The smallest absolute Gasteiger partial charge is 0.277 e. The first kappa shape index (κ1) is 19.0. The molecule has 0 atom stereocenters. The summed E-state index contributed by atoms with van der Waals surface area (Å²) in [5, 5.41) is 20.8. The zero-order valence-electron chi connectivity index (χ0n) is 15.8. The van der Waals surface area contributed by atoms with Gasteiger partial charge in [0.2, 0.25) is 0 Å². The lowest BCUT2D eigenvalue weighted by Crippen LogP contribution is -2.25. The molecule has 0 fully saturated rings. The fourth-order valence-corrected chi connectivity index (χ4v) is 4.03. The lowest BCUT2D eigenvalue weighted by molar-refractivity contribution is -0.0756. The van der Waals surface area contributed by atoms with E-state index in [0.29, 0.717) is 22.5 Å². The van der Waals surface area contributed by atoms with Gasteiger partial charge < -0.3 is 10.2 Å². The van der Waals surface area contributed by atoms with Gasteiger partial charge in [0, 0.05) is 33.5 Å². The molecule has 1 aliphatic rings. The van der Waals surface area contributed by atoms with Gasteiger partial charge in [0.05, 0.1) is 18.5 Å². The minimum absolute atomic E-state index is 0.193. The van der Waals surface area contributed by atoms with Gasteiger partial charge in [0.25, 0.3) is 5.91 Å². The lowest BCUT2D eigenvalue weighted by atomic mass is 10.0. The van der Waals surface area contributed by atoms with Gasteiger partial charge >= 0.3 is 0 Å². The normalized spacial score (nSPS) is 12.4. The molecular weight excluding hydrogens is 388 g/mol. The number of aromatic hydroxyl groups is 2. The van der Waals surface area contributed by atoms with Crippen LogP contribution in [0.3, 0.4) is 0 Å². The predicted molar refractivity (Wildman–Crippen MR) is 111 cm³/mol. The third-order valence-electron chi connectivity index (χ3n) is 4.61. The summed E-state index contributed by atoms with van der Waals surface area (Å²) in [6, 6.07) is 17.8. The molecule has 0 saturated heterocycles. The van der Waals surface area contributed by atoms with E-state index >= 15 is 0 Å². The minimum Gasteiger partial charge on any atom is -0.504 e. The highest BCUT2D eigenvalue weighted by atomic mass is 32.2. The molecule has 3 aromatic rings. The van der Waals surface area contributed by atoms with Crippen LogP contribution in [0.1, 0.15) is 21.5 Å². The van der Waals surface area contributed by atoms with Crippen molar-refractivity contribution in [2.45, 2.75) is 9.79 Å². The molecule has 146 valence electrons. The summed E-state index contributed by atoms with van der Waals surface area (Å²) < 4.78 is 0. The number of aliphatic imine (C=N–C) groups is 1. The Morgan fingerprint density at radius 1 is 1.00 bits per heavy atom. The summed E-state index contributed by atoms with van der Waals surface area (Å²) >= 11 is 1.56. The molecule has 0 radical (unpaired) electrons. The van der Waals surface area contributed by atoms with Crippen LogP contribution in [-0.4, -0.2) is 41.1 Å². The quantitative estimate of drug-likeness (QED) is 0.390. The molecule has 0 aliphatic carbocycles. The number of fused-ring (bicyclic) bond motifs is 2. The Bertz CT molecular complexity index is 1140. The van der Waals surface area contributed by atoms with Crippen LogP contribution >= 0.6 is 11.8 Å². The van der Waals surface area contributed by atoms with E-state index in [-0.39, 0.29) is 17.4 Å². The Balaban J connectivity index is 1.90. The van der Waals surface area contributed by atoms with E-state index in [9.17, 15) is 15.0 Å². The van der Waals surface area contributed by atoms with E-state index < -0.39 is 0 Å². The zero-order valence-corrected chi connectivity index (χ0v) is 16.6. The summed E-state index contributed by atoms with van der Waals surface area (Å²) in [6.45, 7) is 0. The molecule has 0 spiro atoms. The number of hydroxylamine groups is 2. The molecule has 0 saturated carbocycles. The molecule has 1 heterocycles. The molecule has 29 heavy (non-hydrogen) atoms. The van der Waals surface area contributed by atoms with Crippen LogP contribution in [-0.2, 0) is 4.84 Å². The van der Waals surface area contributed by atoms with E-state index in [1.165, 1.54) is 19.2 Å². The van der Waals surface area contributed by atoms with Crippen molar-refractivity contribution in [2.24, 2.45) is 4.99 Å². The Morgan fingerprint density at radius 2 is 1.79 bits per heavy atom. The largest absolute Gasteiger partial charge is 0.504 e. The second-order valence-electron chi connectivity index (χ2n) is 6.43. The van der Waals surface area contributed by atoms with Crippen LogP contribution in [0.5, 0.6) is 11.5 Å². The molecule has 2 N–H and O–H groups in total. The van der Waals surface area contributed by atoms with Crippen molar-refractivity contribution < 1.29 is 19.8 Å². The average molecular weight is 406 g/mol. The van der Waals surface area contributed by atoms with E-state index in [2.05, 4.69) is 0 Å². The molecule has 0 bridgehead atoms. The van der Waals surface area contributed by atoms with Crippen molar-refractivity contribution in [2.75, 3.05) is 14.2 Å². The summed E-state index contributed by atoms with van der Waals surface area (Å²) in [7, 11) is 2.98. The van der Waals surface area contributed by atoms with E-state index in [4.69, 9.17) is 9.83 Å². The van der Waals surface area contributed by atoms with Crippen molar-refractivity contribution in [3.63, 3.8) is 0 Å². The molecule has 4 rings (SSSR count). The molecule has 6 nitrogen and oxygen atoms in total. The number of amides is 1. The maximum absolute atomic E-state index is 12.5. The third-order valence-corrected chi connectivity index (χ3v) is 5.75. The third kappa shape index (κ3) is 3.57. The van der Waals surface area contributed by atoms with Gasteiger partial charge in [-0.3, -0.25) is 9.63 Å². The topological polar surface area (TPSA) is 82.4 Å². The minimum atomic E-state index is -0.277. The lowest BCUT2D eigenvalue weighted by Gasteiger charge is -2.14. The van der Waals surface area contributed by atoms with Gasteiger partial charge in [-0.05, 0) is 42.5 Å². The standard InChI is InChI=1S/C22H18N2O4S/c1-24(28-2)22(27)14-8-10-20-16(11-14)23-21(13-7-9-17(25)18(26)12-13)15-5-3-4-6-19(15)29-20/h3-12,25-26H,1-2H3. The summed E-state index contributed by atoms with van der Waals surface area (Å²) in [5.74, 6) is -0.687. The molecule has 7 heteroatoms. The molecular formula is C22H18N2O4S. The fraction of sp³-hybridized carbons (Fsp3) is 0.0909. The maximum Gasteiger partial charge on any atom is 0.277 e. The summed E-state index contributed by atoms with van der Waals surface area (Å²) in [6.07, 6.45) is 0. The molecule has 0 unspecified atom stereocenters. The van der Waals surface area contributed by atoms with E-state index in [0.717, 1.165) is 20.4 Å². The van der Waals surface area contributed by atoms with Crippen molar-refractivity contribution in [1.29, 1.82) is 0 Å². The van der Waals surface area contributed by atoms with E-state index in [1.54, 1.807) is 37.0 Å². The first-order valence-electron chi connectivity index (χ1n) is 8.82. The summed E-state index contributed by atoms with van der Waals surface area (Å²) in [4.78, 5) is 24.2. The van der Waals surface area contributed by atoms with Gasteiger partial charge in [-0.2, -0.15) is 0 Å². The Hall–Kier alpha value is -3.29. The number of phenols is 2. The molecule has 1 aliphatic heterocycles. The number of benzene rings is 3. The number of carbonyl (C=O) groups is 1. The monoisotopic (exact) mass is 406 g/mol. The van der Waals surface area contributed by atoms with Crippen molar-refractivity contribution >= 4 is 29.1 Å². The Morgan fingerprint density at radius 3 is 2.55 bits per heavy atom. The molecule has 3 aromatic carbocycles. The van der Waals surface area contributed by atoms with Gasteiger partial charge in [-0.15, -0.1) is 0 Å². The highest BCUT2D eigenvalue weighted by molar-refractivity contribution is 7.99. The zero-order chi connectivity index (χ0) is 20.5. The van der Waals surface area contributed by atoms with Crippen molar-refractivity contribution in [3.8, 4) is 11.5 Å². The first-order valence-corrected chi connectivity index (χ1v) is 9.64. The molecule has 0 aromatic heterocycles. The summed E-state index contributed by atoms with van der Waals surface area (Å²) in [5.41, 5.74) is 3.31. The second-order valence-corrected chi connectivity index (χ2v) is 7.51. The second kappa shape index (κ2) is 7.62. The Kier molecular flexibility index (Phi) is 5.00. The van der Waals surface area contributed by atoms with Gasteiger partial charge in [0.15, 0.2) is 11.5 Å². The van der Waals surface area contributed by atoms with Gasteiger partial charge in [-0.1, -0.05) is 30.0 Å². The average Bonchev–Trinajstić information content (AvgIpc) is 2.90. The van der Waals surface area contributed by atoms with E-state index in [1.807, 2.05) is 30.3 Å². The Labute approximate surface area is 172 Å². The van der Waals surface area contributed by atoms with Gasteiger partial charge in [-0.25, -0.2) is 10.1 Å². The van der Waals surface area contributed by atoms with Crippen LogP contribution in [0.25, 0.3) is 0 Å². The number of nitrogens with zero attached hydrogens (tertiary/aromatic N) is 2. The number of carbonyl (C=O) groups excluding carboxylic acids is 1. The number of phenolic OH excluding ortho intramolecular Hbond substituents is 2.